The number of hydrogen-bond donors (Lipinski definition) is 1. The van der Waals surface area contributed by atoms with E-state index in [2.05, 4.69) is 15.4 Å². The van der Waals surface area contributed by atoms with Crippen molar-refractivity contribution in [2.24, 2.45) is 0 Å². The van der Waals surface area contributed by atoms with Gasteiger partial charge in [0.05, 0.1) is 23.2 Å². The highest BCUT2D eigenvalue weighted by molar-refractivity contribution is 7.91. The van der Waals surface area contributed by atoms with Gasteiger partial charge in [0.1, 0.15) is 22.0 Å². The van der Waals surface area contributed by atoms with E-state index in [0.717, 1.165) is 28.1 Å². The first kappa shape index (κ1) is 17.2. The molecule has 0 aromatic carbocycles. The van der Waals surface area contributed by atoms with Gasteiger partial charge >= 0.3 is 0 Å². The average Bonchev–Trinajstić information content (AvgIpc) is 2.89. The summed E-state index contributed by atoms with van der Waals surface area (Å²) in [5.41, 5.74) is 7.31. The molecule has 132 valence electrons. The maximum absolute atomic E-state index is 11.6. The molecule has 1 saturated heterocycles. The Kier molecular flexibility index (Phi) is 4.78. The fourth-order valence-electron chi connectivity index (χ4n) is 2.99. The second-order valence-electron chi connectivity index (χ2n) is 6.26. The maximum atomic E-state index is 11.6. The van der Waals surface area contributed by atoms with Gasteiger partial charge in [0, 0.05) is 18.3 Å². The Bertz CT molecular complexity index is 831. The molecule has 2 aromatic rings. The minimum Gasteiger partial charge on any atom is -0.374 e. The van der Waals surface area contributed by atoms with Gasteiger partial charge in [-0.05, 0) is 39.2 Å². The van der Waals surface area contributed by atoms with Gasteiger partial charge in [0.15, 0.2) is 5.82 Å². The third-order valence-electron chi connectivity index (χ3n) is 4.55. The number of rotatable bonds is 5. The van der Waals surface area contributed by atoms with Crippen molar-refractivity contribution in [3.63, 3.8) is 0 Å². The van der Waals surface area contributed by atoms with Crippen molar-refractivity contribution in [3.05, 3.63) is 23.3 Å². The van der Waals surface area contributed by atoms with E-state index in [9.17, 15) is 8.42 Å². The third kappa shape index (κ3) is 3.39. The van der Waals surface area contributed by atoms with Gasteiger partial charge in [0.25, 0.3) is 0 Å². The van der Waals surface area contributed by atoms with Crippen molar-refractivity contribution in [3.8, 4) is 0 Å². The molecule has 2 aromatic heterocycles. The van der Waals surface area contributed by atoms with E-state index >= 15 is 0 Å². The molecule has 0 unspecified atom stereocenters. The highest BCUT2D eigenvalue weighted by atomic mass is 32.2. The SMILES string of the molecule is CCOCc1nc2cnc(C)c(C)c2n1NC1CCS(=O)(=O)CC1. The lowest BCUT2D eigenvalue weighted by molar-refractivity contribution is 0.126. The Balaban J connectivity index is 1.96. The van der Waals surface area contributed by atoms with Crippen molar-refractivity contribution in [2.45, 2.75) is 46.3 Å². The Hall–Kier alpha value is -1.67. The summed E-state index contributed by atoms with van der Waals surface area (Å²) in [6, 6.07) is 0.110. The zero-order chi connectivity index (χ0) is 17.3. The zero-order valence-electron chi connectivity index (χ0n) is 14.4. The van der Waals surface area contributed by atoms with Crippen molar-refractivity contribution < 1.29 is 13.2 Å². The van der Waals surface area contributed by atoms with E-state index < -0.39 is 9.84 Å². The molecule has 0 bridgehead atoms. The quantitative estimate of drug-likeness (QED) is 0.881. The van der Waals surface area contributed by atoms with Gasteiger partial charge in [-0.15, -0.1) is 0 Å². The second-order valence-corrected chi connectivity index (χ2v) is 8.56. The summed E-state index contributed by atoms with van der Waals surface area (Å²) in [5.74, 6) is 1.26. The van der Waals surface area contributed by atoms with Crippen molar-refractivity contribution in [2.75, 3.05) is 23.5 Å². The Labute approximate surface area is 142 Å². The normalized spacial score (nSPS) is 18.1. The molecule has 3 heterocycles. The van der Waals surface area contributed by atoms with Crippen LogP contribution in [0.4, 0.5) is 0 Å². The number of hydrogen-bond acceptors (Lipinski definition) is 6. The number of sulfone groups is 1. The molecule has 1 aliphatic heterocycles. The molecule has 7 nitrogen and oxygen atoms in total. The van der Waals surface area contributed by atoms with Crippen molar-refractivity contribution in [1.82, 2.24) is 14.6 Å². The van der Waals surface area contributed by atoms with Crippen LogP contribution < -0.4 is 5.43 Å². The smallest absolute Gasteiger partial charge is 0.154 e. The largest absolute Gasteiger partial charge is 0.374 e. The van der Waals surface area contributed by atoms with Crippen LogP contribution >= 0.6 is 0 Å². The van der Waals surface area contributed by atoms with Crippen LogP contribution in [0.1, 0.15) is 36.8 Å². The Morgan fingerprint density at radius 2 is 2.04 bits per heavy atom. The number of aryl methyl sites for hydroxylation is 2. The molecule has 0 aliphatic carbocycles. The van der Waals surface area contributed by atoms with Crippen molar-refractivity contribution in [1.29, 1.82) is 0 Å². The van der Waals surface area contributed by atoms with Crippen LogP contribution in [0.3, 0.4) is 0 Å². The van der Waals surface area contributed by atoms with Crippen molar-refractivity contribution >= 4 is 20.9 Å². The predicted molar refractivity (Wildman–Crippen MR) is 93.4 cm³/mol. The molecule has 0 atom stereocenters. The summed E-state index contributed by atoms with van der Waals surface area (Å²) in [6.07, 6.45) is 3.00. The molecule has 1 fully saturated rings. The fourth-order valence-corrected chi connectivity index (χ4v) is 4.48. The highest BCUT2D eigenvalue weighted by Gasteiger charge is 2.25. The first-order chi connectivity index (χ1) is 11.4. The van der Waals surface area contributed by atoms with Crippen LogP contribution in [0.5, 0.6) is 0 Å². The van der Waals surface area contributed by atoms with E-state index in [4.69, 9.17) is 4.74 Å². The molecule has 0 radical (unpaired) electrons. The second kappa shape index (κ2) is 6.68. The average molecular weight is 352 g/mol. The van der Waals surface area contributed by atoms with Crippen LogP contribution in [0.2, 0.25) is 0 Å². The van der Waals surface area contributed by atoms with Gasteiger partial charge in [-0.1, -0.05) is 0 Å². The van der Waals surface area contributed by atoms with Crippen LogP contribution in [0.15, 0.2) is 6.20 Å². The number of imidazole rings is 1. The zero-order valence-corrected chi connectivity index (χ0v) is 15.2. The molecule has 0 saturated carbocycles. The summed E-state index contributed by atoms with van der Waals surface area (Å²) in [5, 5.41) is 0. The molecule has 0 amide bonds. The first-order valence-corrected chi connectivity index (χ1v) is 10.1. The molecule has 24 heavy (non-hydrogen) atoms. The van der Waals surface area contributed by atoms with E-state index in [1.807, 2.05) is 25.4 Å². The number of ether oxygens (including phenoxy) is 1. The third-order valence-corrected chi connectivity index (χ3v) is 6.27. The minimum absolute atomic E-state index is 0.110. The maximum Gasteiger partial charge on any atom is 0.154 e. The highest BCUT2D eigenvalue weighted by Crippen LogP contribution is 2.22. The molecular formula is C16H24N4O3S. The lowest BCUT2D eigenvalue weighted by Crippen LogP contribution is -2.37. The molecule has 8 heteroatoms. The van der Waals surface area contributed by atoms with Crippen LogP contribution in [0, 0.1) is 13.8 Å². The van der Waals surface area contributed by atoms with Gasteiger partial charge in [-0.2, -0.15) is 0 Å². The summed E-state index contributed by atoms with van der Waals surface area (Å²) in [6.45, 7) is 6.97. The molecule has 0 spiro atoms. The summed E-state index contributed by atoms with van der Waals surface area (Å²) in [7, 11) is -2.88. The van der Waals surface area contributed by atoms with Gasteiger partial charge in [0.2, 0.25) is 0 Å². The number of pyridine rings is 1. The van der Waals surface area contributed by atoms with E-state index in [-0.39, 0.29) is 17.5 Å². The van der Waals surface area contributed by atoms with E-state index in [1.54, 1.807) is 6.20 Å². The standard InChI is InChI=1S/C16H24N4O3S/c1-4-23-10-15-18-14-9-17-12(3)11(2)16(14)20(15)19-13-5-7-24(21,22)8-6-13/h9,13,19H,4-8,10H2,1-3H3. The minimum atomic E-state index is -2.88. The monoisotopic (exact) mass is 352 g/mol. The lowest BCUT2D eigenvalue weighted by atomic mass is 10.2. The molecule has 1 aliphatic rings. The van der Waals surface area contributed by atoms with Crippen LogP contribution in [-0.2, 0) is 21.2 Å². The molecule has 1 N–H and O–H groups in total. The van der Waals surface area contributed by atoms with E-state index in [1.165, 1.54) is 0 Å². The Morgan fingerprint density at radius 3 is 2.71 bits per heavy atom. The number of fused-ring (bicyclic) bond motifs is 1. The van der Waals surface area contributed by atoms with Crippen LogP contribution in [-0.4, -0.2) is 47.2 Å². The van der Waals surface area contributed by atoms with E-state index in [0.29, 0.717) is 26.1 Å². The molecular weight excluding hydrogens is 328 g/mol. The first-order valence-electron chi connectivity index (χ1n) is 8.29. The Morgan fingerprint density at radius 1 is 1.33 bits per heavy atom. The number of nitrogens with one attached hydrogen (secondary N) is 1. The van der Waals surface area contributed by atoms with Crippen LogP contribution in [0.25, 0.3) is 11.0 Å². The fraction of sp³-hybridized carbons (Fsp3) is 0.625. The topological polar surface area (TPSA) is 86.1 Å². The summed E-state index contributed by atoms with van der Waals surface area (Å²) >= 11 is 0. The van der Waals surface area contributed by atoms with Gasteiger partial charge in [-0.3, -0.25) is 4.98 Å². The number of aromatic nitrogens is 3. The predicted octanol–water partition coefficient (Wildman–Crippen LogP) is 1.71. The van der Waals surface area contributed by atoms with Gasteiger partial charge < -0.3 is 10.2 Å². The molecule has 3 rings (SSSR count). The lowest BCUT2D eigenvalue weighted by Gasteiger charge is -2.26. The van der Waals surface area contributed by atoms with Gasteiger partial charge in [-0.25, -0.2) is 18.1 Å². The summed E-state index contributed by atoms with van der Waals surface area (Å²) < 4.78 is 30.8. The summed E-state index contributed by atoms with van der Waals surface area (Å²) in [4.78, 5) is 9.02. The number of nitrogens with zero attached hydrogens (tertiary/aromatic N) is 3.